The maximum atomic E-state index is 11.7. The number of aromatic nitrogens is 5. The smallest absolute Gasteiger partial charge is 0.236 e. The molecule has 0 atom stereocenters. The highest BCUT2D eigenvalue weighted by Gasteiger charge is 2.10. The molecule has 98 valence electrons. The summed E-state index contributed by atoms with van der Waals surface area (Å²) in [7, 11) is 0. The van der Waals surface area contributed by atoms with Crippen LogP contribution in [0.4, 0.5) is 5.82 Å². The average molecular weight is 296 g/mol. The van der Waals surface area contributed by atoms with Crippen molar-refractivity contribution in [3.63, 3.8) is 0 Å². The van der Waals surface area contributed by atoms with Gasteiger partial charge in [0, 0.05) is 6.07 Å². The molecule has 0 saturated heterocycles. The molecule has 0 saturated carbocycles. The van der Waals surface area contributed by atoms with E-state index in [-0.39, 0.29) is 11.7 Å². The van der Waals surface area contributed by atoms with Crippen LogP contribution in [0.1, 0.15) is 5.76 Å². The van der Waals surface area contributed by atoms with E-state index >= 15 is 0 Å². The van der Waals surface area contributed by atoms with Gasteiger partial charge in [-0.25, -0.2) is 0 Å². The third-order valence-electron chi connectivity index (χ3n) is 2.09. The number of fused-ring (bicyclic) bond motifs is 1. The number of aryl methyl sites for hydroxylation is 1. The van der Waals surface area contributed by atoms with Gasteiger partial charge in [-0.05, 0) is 6.92 Å². The summed E-state index contributed by atoms with van der Waals surface area (Å²) in [5.74, 6) is 1.15. The number of carbonyl (C=O) groups is 1. The van der Waals surface area contributed by atoms with Gasteiger partial charge in [-0.15, -0.1) is 15.3 Å². The first-order valence-corrected chi connectivity index (χ1v) is 7.04. The maximum absolute atomic E-state index is 11.7. The molecule has 0 aliphatic rings. The lowest BCUT2D eigenvalue weighted by atomic mass is 10.5. The Hall–Kier alpha value is -1.94. The second kappa shape index (κ2) is 4.97. The minimum absolute atomic E-state index is 0.163. The van der Waals surface area contributed by atoms with E-state index in [0.717, 1.165) is 4.34 Å². The Morgan fingerprint density at radius 3 is 3.26 bits per heavy atom. The van der Waals surface area contributed by atoms with Crippen molar-refractivity contribution in [3.8, 4) is 0 Å². The molecule has 0 unspecified atom stereocenters. The van der Waals surface area contributed by atoms with Gasteiger partial charge in [0.15, 0.2) is 10.2 Å². The molecular weight excluding hydrogens is 288 g/mol. The maximum Gasteiger partial charge on any atom is 0.236 e. The van der Waals surface area contributed by atoms with Gasteiger partial charge in [0.2, 0.25) is 10.9 Å². The number of amides is 1. The molecule has 0 aliphatic heterocycles. The zero-order valence-electron chi connectivity index (χ0n) is 9.73. The molecule has 3 rings (SSSR count). The number of carbonyl (C=O) groups excluding carboxylic acids is 1. The topological polar surface area (TPSA) is 98.2 Å². The molecule has 0 spiro atoms. The molecule has 0 bridgehead atoms. The van der Waals surface area contributed by atoms with Crippen LogP contribution in [0.2, 0.25) is 0 Å². The Labute approximate surface area is 115 Å². The normalized spacial score (nSPS) is 11.0. The average Bonchev–Trinajstić information content (AvgIpc) is 3.02. The standard InChI is InChI=1S/C9H8N6O2S2/c1-5-2-6(14-17-5)11-7(16)3-18-9-13-15-4-10-12-8(15)19-9/h2,4H,3H2,1H3,(H,11,14,16). The van der Waals surface area contributed by atoms with Crippen LogP contribution in [-0.2, 0) is 4.79 Å². The van der Waals surface area contributed by atoms with Crippen LogP contribution < -0.4 is 5.32 Å². The fourth-order valence-electron chi connectivity index (χ4n) is 1.33. The van der Waals surface area contributed by atoms with Crippen LogP contribution in [0.15, 0.2) is 21.3 Å². The van der Waals surface area contributed by atoms with Gasteiger partial charge in [0.1, 0.15) is 12.1 Å². The van der Waals surface area contributed by atoms with E-state index in [0.29, 0.717) is 16.5 Å². The van der Waals surface area contributed by atoms with Crippen LogP contribution >= 0.6 is 23.1 Å². The number of nitrogens with one attached hydrogen (secondary N) is 1. The van der Waals surface area contributed by atoms with Crippen molar-refractivity contribution < 1.29 is 9.32 Å². The van der Waals surface area contributed by atoms with E-state index in [4.69, 9.17) is 4.52 Å². The minimum atomic E-state index is -0.163. The van der Waals surface area contributed by atoms with E-state index in [1.807, 2.05) is 0 Å². The molecule has 8 nitrogen and oxygen atoms in total. The van der Waals surface area contributed by atoms with Crippen molar-refractivity contribution >= 4 is 39.8 Å². The van der Waals surface area contributed by atoms with E-state index < -0.39 is 0 Å². The Bertz CT molecular complexity index is 689. The van der Waals surface area contributed by atoms with Crippen molar-refractivity contribution in [1.82, 2.24) is 25.0 Å². The molecule has 3 aromatic heterocycles. The van der Waals surface area contributed by atoms with Gasteiger partial charge >= 0.3 is 0 Å². The summed E-state index contributed by atoms with van der Waals surface area (Å²) in [5.41, 5.74) is 0. The molecule has 1 amide bonds. The van der Waals surface area contributed by atoms with E-state index in [1.54, 1.807) is 17.5 Å². The number of hydrogen-bond donors (Lipinski definition) is 1. The van der Waals surface area contributed by atoms with Gasteiger partial charge in [-0.2, -0.15) is 4.52 Å². The predicted molar refractivity (Wildman–Crippen MR) is 69.3 cm³/mol. The van der Waals surface area contributed by atoms with E-state index in [2.05, 4.69) is 25.8 Å². The summed E-state index contributed by atoms with van der Waals surface area (Å²) in [6.07, 6.45) is 1.52. The fourth-order valence-corrected chi connectivity index (χ4v) is 2.99. The summed E-state index contributed by atoms with van der Waals surface area (Å²) >= 11 is 2.72. The second-order valence-electron chi connectivity index (χ2n) is 3.59. The zero-order valence-corrected chi connectivity index (χ0v) is 11.4. The predicted octanol–water partition coefficient (Wildman–Crippen LogP) is 1.21. The number of thioether (sulfide) groups is 1. The molecule has 3 heterocycles. The monoisotopic (exact) mass is 296 g/mol. The highest BCUT2D eigenvalue weighted by Crippen LogP contribution is 2.23. The number of rotatable bonds is 4. The molecule has 1 N–H and O–H groups in total. The molecule has 10 heteroatoms. The first-order chi connectivity index (χ1) is 9.20. The number of anilines is 1. The Morgan fingerprint density at radius 1 is 1.63 bits per heavy atom. The van der Waals surface area contributed by atoms with Crippen molar-refractivity contribution in [3.05, 3.63) is 18.2 Å². The van der Waals surface area contributed by atoms with E-state index in [9.17, 15) is 4.79 Å². The van der Waals surface area contributed by atoms with Crippen LogP contribution in [0.25, 0.3) is 4.96 Å². The van der Waals surface area contributed by atoms with Crippen molar-refractivity contribution in [2.24, 2.45) is 0 Å². The van der Waals surface area contributed by atoms with Gasteiger partial charge in [-0.3, -0.25) is 4.79 Å². The van der Waals surface area contributed by atoms with Crippen LogP contribution in [0.5, 0.6) is 0 Å². The lowest BCUT2D eigenvalue weighted by Gasteiger charge is -1.98. The third-order valence-corrected chi connectivity index (χ3v) is 4.14. The fraction of sp³-hybridized carbons (Fsp3) is 0.222. The summed E-state index contributed by atoms with van der Waals surface area (Å²) in [5, 5.41) is 18.1. The quantitative estimate of drug-likeness (QED) is 0.722. The van der Waals surface area contributed by atoms with Gasteiger partial charge < -0.3 is 9.84 Å². The van der Waals surface area contributed by atoms with Gasteiger partial charge in [0.25, 0.3) is 0 Å². The van der Waals surface area contributed by atoms with Gasteiger partial charge in [-0.1, -0.05) is 28.3 Å². The highest BCUT2D eigenvalue weighted by atomic mass is 32.2. The summed E-state index contributed by atoms with van der Waals surface area (Å²) in [4.78, 5) is 12.4. The lowest BCUT2D eigenvalue weighted by Crippen LogP contribution is -2.14. The van der Waals surface area contributed by atoms with Crippen LogP contribution in [-0.4, -0.2) is 36.6 Å². The minimum Gasteiger partial charge on any atom is -0.360 e. The van der Waals surface area contributed by atoms with Crippen molar-refractivity contribution in [1.29, 1.82) is 0 Å². The van der Waals surface area contributed by atoms with Crippen molar-refractivity contribution in [2.75, 3.05) is 11.1 Å². The SMILES string of the molecule is Cc1cc(NC(=O)CSc2nn3cnnc3s2)no1. The van der Waals surface area contributed by atoms with Gasteiger partial charge in [0.05, 0.1) is 5.75 Å². The molecule has 0 aliphatic carbocycles. The van der Waals surface area contributed by atoms with Crippen molar-refractivity contribution in [2.45, 2.75) is 11.3 Å². The Kier molecular flexibility index (Phi) is 3.17. The van der Waals surface area contributed by atoms with Crippen LogP contribution in [0.3, 0.4) is 0 Å². The Balaban J connectivity index is 1.57. The summed E-state index contributed by atoms with van der Waals surface area (Å²) in [6.45, 7) is 1.76. The summed E-state index contributed by atoms with van der Waals surface area (Å²) < 4.78 is 7.19. The Morgan fingerprint density at radius 2 is 2.53 bits per heavy atom. The largest absolute Gasteiger partial charge is 0.360 e. The molecular formula is C9H8N6O2S2. The molecule has 0 radical (unpaired) electrons. The highest BCUT2D eigenvalue weighted by molar-refractivity contribution is 8.01. The first-order valence-electron chi connectivity index (χ1n) is 5.23. The van der Waals surface area contributed by atoms with Crippen LogP contribution in [0, 0.1) is 6.92 Å². The second-order valence-corrected chi connectivity index (χ2v) is 5.76. The molecule has 0 fully saturated rings. The summed E-state index contributed by atoms with van der Waals surface area (Å²) in [6, 6.07) is 1.66. The first kappa shape index (κ1) is 12.1. The van der Waals surface area contributed by atoms with E-state index in [1.165, 1.54) is 29.4 Å². The third kappa shape index (κ3) is 2.74. The molecule has 0 aromatic carbocycles. The zero-order chi connectivity index (χ0) is 13.2. The number of hydrogen-bond acceptors (Lipinski definition) is 8. The molecule has 3 aromatic rings. The lowest BCUT2D eigenvalue weighted by molar-refractivity contribution is -0.113. The molecule has 19 heavy (non-hydrogen) atoms. The number of nitrogens with zero attached hydrogens (tertiary/aromatic N) is 5.